The fourth-order valence-electron chi connectivity index (χ4n) is 6.35. The van der Waals surface area contributed by atoms with E-state index < -0.39 is 45.1 Å². The topological polar surface area (TPSA) is 155 Å². The molecular weight excluding hydrogens is 778 g/mol. The quantitative estimate of drug-likeness (QED) is 0.0233. The summed E-state index contributed by atoms with van der Waals surface area (Å²) in [5.74, 6) is -1.79. The summed E-state index contributed by atoms with van der Waals surface area (Å²) in [7, 11) is -4.63. The van der Waals surface area contributed by atoms with Crippen LogP contribution in [-0.4, -0.2) is 60.5 Å². The van der Waals surface area contributed by atoms with Crippen molar-refractivity contribution in [1.29, 1.82) is 0 Å². The van der Waals surface area contributed by atoms with E-state index in [1.807, 2.05) is 0 Å². The zero-order chi connectivity index (χ0) is 44.0. The molecule has 0 heterocycles. The molecule has 0 saturated heterocycles. The third-order valence-electron chi connectivity index (χ3n) is 10.0. The third-order valence-corrected chi connectivity index (χ3v) is 11.0. The van der Waals surface area contributed by atoms with Crippen molar-refractivity contribution in [3.05, 3.63) is 60.8 Å². The van der Waals surface area contributed by atoms with E-state index in [-0.39, 0.29) is 13.0 Å². The van der Waals surface area contributed by atoms with Crippen LogP contribution in [0.5, 0.6) is 0 Å². The van der Waals surface area contributed by atoms with Crippen LogP contribution in [0.2, 0.25) is 0 Å². The van der Waals surface area contributed by atoms with E-state index >= 15 is 0 Å². The minimum absolute atomic E-state index is 0.00709. The zero-order valence-corrected chi connectivity index (χ0v) is 38.9. The lowest BCUT2D eigenvalue weighted by Crippen LogP contribution is -2.34. The van der Waals surface area contributed by atoms with E-state index in [0.29, 0.717) is 13.0 Å². The number of carbonyl (C=O) groups is 2. The lowest BCUT2D eigenvalue weighted by atomic mass is 10.1. The maximum Gasteiger partial charge on any atom is 0.472 e. The highest BCUT2D eigenvalue weighted by atomic mass is 31.2. The van der Waals surface area contributed by atoms with E-state index in [1.54, 1.807) is 0 Å². The normalized spacial score (nSPS) is 14.3. The van der Waals surface area contributed by atoms with Crippen LogP contribution in [-0.2, 0) is 32.7 Å². The smallest absolute Gasteiger partial charge is 0.472 e. The van der Waals surface area contributed by atoms with Gasteiger partial charge in [0.05, 0.1) is 19.8 Å². The highest BCUT2D eigenvalue weighted by Crippen LogP contribution is 2.43. The molecule has 0 radical (unpaired) electrons. The molecule has 348 valence electrons. The lowest BCUT2D eigenvalue weighted by Gasteiger charge is -2.20. The van der Waals surface area contributed by atoms with Gasteiger partial charge in [-0.05, 0) is 77.0 Å². The first kappa shape index (κ1) is 57.7. The number of hydrogen-bond donors (Lipinski definition) is 3. The van der Waals surface area contributed by atoms with E-state index in [9.17, 15) is 19.0 Å². The standard InChI is InChI=1S/C49H88NO9P/c1-3-5-7-9-11-13-15-17-19-21-23-25-27-29-31-33-35-37-39-41-48(51)59-46(44-57-60(54,55)58-45-47(50)49(52)53)43-56-42-40-38-36-34-32-30-28-26-24-22-20-18-16-14-12-10-8-6-4-2/h5,7,11,13,17,19-20,22-23,25,46-47H,3-4,6,8-10,12,14-16,18,21,24,26-45,50H2,1-2H3,(H,52,53)(H,54,55)/b7-5-,13-11-,19-17-,22-20-,25-23-. The Bertz CT molecular complexity index is 1190. The van der Waals surface area contributed by atoms with E-state index in [2.05, 4.69) is 74.6 Å². The number of hydrogen-bond acceptors (Lipinski definition) is 8. The molecule has 3 unspecified atom stereocenters. The summed E-state index contributed by atoms with van der Waals surface area (Å²) in [4.78, 5) is 33.6. The molecule has 4 N–H and O–H groups in total. The highest BCUT2D eigenvalue weighted by Gasteiger charge is 2.27. The van der Waals surface area contributed by atoms with Gasteiger partial charge in [0.15, 0.2) is 0 Å². The van der Waals surface area contributed by atoms with Gasteiger partial charge in [-0.1, -0.05) is 177 Å². The molecule has 10 nitrogen and oxygen atoms in total. The van der Waals surface area contributed by atoms with Crippen LogP contribution in [0.3, 0.4) is 0 Å². The van der Waals surface area contributed by atoms with Crippen molar-refractivity contribution < 1.29 is 42.7 Å². The Kier molecular flexibility index (Phi) is 43.0. The predicted octanol–water partition coefficient (Wildman–Crippen LogP) is 13.6. The predicted molar refractivity (Wildman–Crippen MR) is 249 cm³/mol. The van der Waals surface area contributed by atoms with Crippen LogP contribution >= 0.6 is 7.82 Å². The average Bonchev–Trinajstić information content (AvgIpc) is 3.23. The van der Waals surface area contributed by atoms with Crippen molar-refractivity contribution in [2.45, 2.75) is 212 Å². The Morgan fingerprint density at radius 3 is 1.47 bits per heavy atom. The van der Waals surface area contributed by atoms with Gasteiger partial charge < -0.3 is 25.2 Å². The van der Waals surface area contributed by atoms with E-state index in [4.69, 9.17) is 29.4 Å². The number of phosphoric ester groups is 1. The van der Waals surface area contributed by atoms with Crippen LogP contribution in [0.1, 0.15) is 200 Å². The molecule has 0 aliphatic rings. The molecule has 0 aliphatic carbocycles. The van der Waals surface area contributed by atoms with Gasteiger partial charge in [-0.2, -0.15) is 0 Å². The van der Waals surface area contributed by atoms with Gasteiger partial charge in [0.1, 0.15) is 12.1 Å². The van der Waals surface area contributed by atoms with Crippen molar-refractivity contribution in [3.63, 3.8) is 0 Å². The molecule has 0 aromatic heterocycles. The largest absolute Gasteiger partial charge is 0.480 e. The van der Waals surface area contributed by atoms with Gasteiger partial charge in [-0.15, -0.1) is 0 Å². The van der Waals surface area contributed by atoms with Crippen molar-refractivity contribution >= 4 is 19.8 Å². The van der Waals surface area contributed by atoms with Gasteiger partial charge in [-0.25, -0.2) is 4.57 Å². The molecule has 0 fully saturated rings. The summed E-state index contributed by atoms with van der Waals surface area (Å²) < 4.78 is 33.4. The minimum atomic E-state index is -4.63. The molecule has 0 saturated carbocycles. The molecule has 11 heteroatoms. The first-order chi connectivity index (χ1) is 29.2. The van der Waals surface area contributed by atoms with Crippen molar-refractivity contribution in [1.82, 2.24) is 0 Å². The number of unbranched alkanes of at least 4 members (excludes halogenated alkanes) is 21. The molecule has 0 bridgehead atoms. The van der Waals surface area contributed by atoms with Gasteiger partial charge in [-0.3, -0.25) is 18.6 Å². The van der Waals surface area contributed by atoms with Crippen LogP contribution in [0.15, 0.2) is 60.8 Å². The van der Waals surface area contributed by atoms with Crippen LogP contribution in [0.4, 0.5) is 0 Å². The Morgan fingerprint density at radius 1 is 0.550 bits per heavy atom. The summed E-state index contributed by atoms with van der Waals surface area (Å²) in [5.41, 5.74) is 5.37. The van der Waals surface area contributed by atoms with Gasteiger partial charge in [0, 0.05) is 13.0 Å². The number of nitrogens with two attached hydrogens (primary N) is 1. The minimum Gasteiger partial charge on any atom is -0.480 e. The molecule has 0 aliphatic heterocycles. The first-order valence-electron chi connectivity index (χ1n) is 23.8. The van der Waals surface area contributed by atoms with Gasteiger partial charge >= 0.3 is 19.8 Å². The summed E-state index contributed by atoms with van der Waals surface area (Å²) >= 11 is 0. The van der Waals surface area contributed by atoms with Crippen molar-refractivity contribution in [2.24, 2.45) is 5.73 Å². The zero-order valence-electron chi connectivity index (χ0n) is 38.0. The van der Waals surface area contributed by atoms with Crippen LogP contribution in [0, 0.1) is 0 Å². The number of esters is 1. The van der Waals surface area contributed by atoms with Crippen molar-refractivity contribution in [3.8, 4) is 0 Å². The lowest BCUT2D eigenvalue weighted by molar-refractivity contribution is -0.154. The number of ether oxygens (including phenoxy) is 2. The van der Waals surface area contributed by atoms with Gasteiger partial charge in [0.25, 0.3) is 0 Å². The Balaban J connectivity index is 4.22. The fourth-order valence-corrected chi connectivity index (χ4v) is 7.13. The van der Waals surface area contributed by atoms with E-state index in [1.165, 1.54) is 89.9 Å². The Hall–Kier alpha value is -2.33. The monoisotopic (exact) mass is 866 g/mol. The number of rotatable bonds is 45. The molecule has 0 amide bonds. The first-order valence-corrected chi connectivity index (χ1v) is 25.3. The number of carboxylic acid groups (broad SMARTS) is 1. The van der Waals surface area contributed by atoms with Gasteiger partial charge in [0.2, 0.25) is 0 Å². The Morgan fingerprint density at radius 2 is 0.967 bits per heavy atom. The highest BCUT2D eigenvalue weighted by molar-refractivity contribution is 7.47. The second-order valence-corrected chi connectivity index (χ2v) is 17.3. The molecular formula is C49H88NO9P. The molecule has 0 aromatic rings. The number of carbonyl (C=O) groups excluding carboxylic acids is 1. The van der Waals surface area contributed by atoms with Crippen LogP contribution < -0.4 is 5.73 Å². The second-order valence-electron chi connectivity index (χ2n) is 15.9. The summed E-state index contributed by atoms with van der Waals surface area (Å²) in [6, 6.07) is -1.48. The van der Waals surface area contributed by atoms with Crippen LogP contribution in [0.25, 0.3) is 0 Å². The maximum absolute atomic E-state index is 12.7. The van der Waals surface area contributed by atoms with Crippen molar-refractivity contribution in [2.75, 3.05) is 26.4 Å². The van der Waals surface area contributed by atoms with E-state index in [0.717, 1.165) is 83.5 Å². The number of aliphatic carboxylic acids is 1. The second kappa shape index (κ2) is 44.7. The molecule has 0 spiro atoms. The Labute approximate surface area is 366 Å². The molecule has 0 aromatic carbocycles. The molecule has 0 rings (SSSR count). The SMILES string of the molecule is CC/C=C\C/C=C\C/C=C\C/C=C\CCCCCCCCC(=O)OC(COCCCCCCCCCC/C=C\CCCCCCCCC)COP(=O)(O)OCC(N)C(=O)O. The molecule has 60 heavy (non-hydrogen) atoms. The number of phosphoric acid groups is 1. The average molecular weight is 866 g/mol. The maximum atomic E-state index is 12.7. The number of carboxylic acids is 1. The number of allylic oxidation sites excluding steroid dienone is 10. The summed E-state index contributed by atoms with van der Waals surface area (Å²) in [6.07, 6.45) is 54.1. The third kappa shape index (κ3) is 43.7. The molecule has 3 atom stereocenters. The summed E-state index contributed by atoms with van der Waals surface area (Å²) in [6.45, 7) is 3.75. The summed E-state index contributed by atoms with van der Waals surface area (Å²) in [5, 5.41) is 8.91. The fraction of sp³-hybridized carbons (Fsp3) is 0.755.